The van der Waals surface area contributed by atoms with Crippen LogP contribution in [0.2, 0.25) is 0 Å². The molecule has 1 aliphatic heterocycles. The lowest BCUT2D eigenvalue weighted by Gasteiger charge is -2.27. The van der Waals surface area contributed by atoms with E-state index < -0.39 is 41.1 Å². The zero-order chi connectivity index (χ0) is 20.4. The van der Waals surface area contributed by atoms with Crippen LogP contribution in [0, 0.1) is 5.92 Å². The summed E-state index contributed by atoms with van der Waals surface area (Å²) in [6, 6.07) is 7.96. The maximum absolute atomic E-state index is 12.7. The predicted molar refractivity (Wildman–Crippen MR) is 97.5 cm³/mol. The molecular weight excluding hydrogens is 350 g/mol. The van der Waals surface area contributed by atoms with Gasteiger partial charge in [0.15, 0.2) is 0 Å². The number of rotatable bonds is 4. The summed E-state index contributed by atoms with van der Waals surface area (Å²) in [6.07, 6.45) is -0.934. The Morgan fingerprint density at radius 2 is 1.74 bits per heavy atom. The van der Waals surface area contributed by atoms with Crippen molar-refractivity contribution in [2.45, 2.75) is 64.9 Å². The van der Waals surface area contributed by atoms with Crippen molar-refractivity contribution >= 4 is 18.0 Å². The van der Waals surface area contributed by atoms with Gasteiger partial charge >= 0.3 is 12.1 Å². The van der Waals surface area contributed by atoms with Crippen molar-refractivity contribution in [3.63, 3.8) is 0 Å². The predicted octanol–water partition coefficient (Wildman–Crippen LogP) is 2.65. The highest BCUT2D eigenvalue weighted by Gasteiger charge is 2.53. The third kappa shape index (κ3) is 5.29. The molecule has 1 aromatic rings. The normalized spacial score (nSPS) is 20.5. The van der Waals surface area contributed by atoms with Crippen molar-refractivity contribution in [1.82, 2.24) is 4.90 Å². The molecule has 7 nitrogen and oxygen atoms in total. The van der Waals surface area contributed by atoms with Gasteiger partial charge in [0.2, 0.25) is 5.91 Å². The van der Waals surface area contributed by atoms with Gasteiger partial charge in [-0.3, -0.25) is 4.79 Å². The summed E-state index contributed by atoms with van der Waals surface area (Å²) in [6.45, 7) is 7.98. The Hall–Kier alpha value is -2.41. The zero-order valence-corrected chi connectivity index (χ0v) is 16.4. The number of ether oxygens (including phenoxy) is 2. The van der Waals surface area contributed by atoms with E-state index >= 15 is 0 Å². The molecule has 0 aliphatic carbocycles. The van der Waals surface area contributed by atoms with Gasteiger partial charge in [0.25, 0.3) is 0 Å². The van der Waals surface area contributed by atoms with Crippen molar-refractivity contribution < 1.29 is 29.0 Å². The highest BCUT2D eigenvalue weighted by molar-refractivity contribution is 6.01. The first kappa shape index (κ1) is 20.9. The highest BCUT2D eigenvalue weighted by atomic mass is 16.6. The van der Waals surface area contributed by atoms with Gasteiger partial charge in [-0.25, -0.2) is 14.5 Å². The van der Waals surface area contributed by atoms with Crippen molar-refractivity contribution in [3.8, 4) is 0 Å². The zero-order valence-electron chi connectivity index (χ0n) is 16.4. The Morgan fingerprint density at radius 1 is 1.15 bits per heavy atom. The summed E-state index contributed by atoms with van der Waals surface area (Å²) < 4.78 is 10.6. The number of imide groups is 1. The Labute approximate surface area is 159 Å². The van der Waals surface area contributed by atoms with Gasteiger partial charge in [0.1, 0.15) is 18.2 Å². The summed E-state index contributed by atoms with van der Waals surface area (Å²) in [5, 5.41) is 10.3. The molecule has 0 saturated carbocycles. The first-order valence-corrected chi connectivity index (χ1v) is 8.89. The number of esters is 1. The standard InChI is InChI=1S/C20H27NO6/c1-19(2,3)27-18(24)21-15(11-14(16(21)22)20(4,5)25)17(23)26-12-13-9-7-6-8-10-13/h6-10,14-15,25H,11-12H2,1-5H3/t14?,15-/m0/s1. The number of carbonyl (C=O) groups is 3. The number of benzene rings is 1. The first-order valence-electron chi connectivity index (χ1n) is 8.89. The summed E-state index contributed by atoms with van der Waals surface area (Å²) in [4.78, 5) is 38.6. The maximum Gasteiger partial charge on any atom is 0.417 e. The number of aliphatic hydroxyl groups is 1. The Bertz CT molecular complexity index is 701. The first-order chi connectivity index (χ1) is 12.4. The van der Waals surface area contributed by atoms with E-state index in [2.05, 4.69) is 0 Å². The van der Waals surface area contributed by atoms with E-state index in [1.54, 1.807) is 32.9 Å². The lowest BCUT2D eigenvalue weighted by Crippen LogP contribution is -2.47. The molecule has 7 heteroatoms. The smallest absolute Gasteiger partial charge is 0.417 e. The van der Waals surface area contributed by atoms with Crippen LogP contribution in [0.4, 0.5) is 4.79 Å². The average molecular weight is 377 g/mol. The molecule has 0 spiro atoms. The molecule has 0 bridgehead atoms. The molecule has 2 amide bonds. The summed E-state index contributed by atoms with van der Waals surface area (Å²) in [5.41, 5.74) is -1.42. The topological polar surface area (TPSA) is 93.1 Å². The quantitative estimate of drug-likeness (QED) is 0.811. The molecule has 1 aliphatic rings. The second-order valence-corrected chi connectivity index (χ2v) is 8.24. The monoisotopic (exact) mass is 377 g/mol. The van der Waals surface area contributed by atoms with Gasteiger partial charge in [-0.1, -0.05) is 30.3 Å². The number of likely N-dealkylation sites (tertiary alicyclic amines) is 1. The Kier molecular flexibility index (Phi) is 5.94. The molecule has 1 unspecified atom stereocenters. The average Bonchev–Trinajstić information content (AvgIpc) is 2.89. The summed E-state index contributed by atoms with van der Waals surface area (Å²) in [7, 11) is 0. The molecule has 1 aromatic carbocycles. The number of amides is 2. The molecule has 148 valence electrons. The van der Waals surface area contributed by atoms with E-state index in [4.69, 9.17) is 9.47 Å². The van der Waals surface area contributed by atoms with Crippen LogP contribution in [0.15, 0.2) is 30.3 Å². The van der Waals surface area contributed by atoms with Gasteiger partial charge in [-0.05, 0) is 46.6 Å². The molecular formula is C20H27NO6. The van der Waals surface area contributed by atoms with Gasteiger partial charge < -0.3 is 14.6 Å². The van der Waals surface area contributed by atoms with E-state index in [0.29, 0.717) is 0 Å². The van der Waals surface area contributed by atoms with E-state index in [9.17, 15) is 19.5 Å². The Balaban J connectivity index is 2.20. The van der Waals surface area contributed by atoms with Crippen LogP contribution in [-0.2, 0) is 25.7 Å². The summed E-state index contributed by atoms with van der Waals surface area (Å²) in [5.74, 6) is -2.25. The van der Waals surface area contributed by atoms with E-state index in [0.717, 1.165) is 10.5 Å². The van der Waals surface area contributed by atoms with Crippen LogP contribution in [0.5, 0.6) is 0 Å². The number of hydrogen-bond acceptors (Lipinski definition) is 6. The molecule has 2 rings (SSSR count). The van der Waals surface area contributed by atoms with Crippen molar-refractivity contribution in [2.24, 2.45) is 5.92 Å². The van der Waals surface area contributed by atoms with Crippen LogP contribution in [-0.4, -0.2) is 45.2 Å². The lowest BCUT2D eigenvalue weighted by molar-refractivity contribution is -0.152. The second kappa shape index (κ2) is 7.68. The van der Waals surface area contributed by atoms with E-state index in [1.165, 1.54) is 13.8 Å². The van der Waals surface area contributed by atoms with E-state index in [1.807, 2.05) is 18.2 Å². The van der Waals surface area contributed by atoms with Crippen LogP contribution >= 0.6 is 0 Å². The minimum Gasteiger partial charge on any atom is -0.459 e. The molecule has 1 heterocycles. The fourth-order valence-electron chi connectivity index (χ4n) is 2.90. The fraction of sp³-hybridized carbons (Fsp3) is 0.550. The number of hydrogen-bond donors (Lipinski definition) is 1. The van der Waals surface area contributed by atoms with Gasteiger partial charge in [-0.2, -0.15) is 0 Å². The summed E-state index contributed by atoms with van der Waals surface area (Å²) >= 11 is 0. The number of nitrogens with zero attached hydrogens (tertiary/aromatic N) is 1. The van der Waals surface area contributed by atoms with Crippen molar-refractivity contribution in [2.75, 3.05) is 0 Å². The lowest BCUT2D eigenvalue weighted by atomic mass is 9.88. The van der Waals surface area contributed by atoms with Crippen LogP contribution < -0.4 is 0 Å². The van der Waals surface area contributed by atoms with Gasteiger partial charge in [-0.15, -0.1) is 0 Å². The van der Waals surface area contributed by atoms with Crippen molar-refractivity contribution in [1.29, 1.82) is 0 Å². The Morgan fingerprint density at radius 3 is 2.26 bits per heavy atom. The van der Waals surface area contributed by atoms with Gasteiger partial charge in [0.05, 0.1) is 11.5 Å². The molecule has 1 saturated heterocycles. The molecule has 2 atom stereocenters. The molecule has 1 fully saturated rings. The van der Waals surface area contributed by atoms with Crippen LogP contribution in [0.25, 0.3) is 0 Å². The minimum atomic E-state index is -1.38. The SMILES string of the molecule is CC(C)(C)OC(=O)N1C(=O)C(C(C)(C)O)C[C@H]1C(=O)OCc1ccccc1. The fourth-order valence-corrected chi connectivity index (χ4v) is 2.90. The highest BCUT2D eigenvalue weighted by Crippen LogP contribution is 2.34. The number of carbonyl (C=O) groups excluding carboxylic acids is 3. The molecule has 0 aromatic heterocycles. The van der Waals surface area contributed by atoms with Crippen molar-refractivity contribution in [3.05, 3.63) is 35.9 Å². The van der Waals surface area contributed by atoms with Crippen LogP contribution in [0.3, 0.4) is 0 Å². The van der Waals surface area contributed by atoms with Gasteiger partial charge in [0, 0.05) is 0 Å². The molecule has 1 N–H and O–H groups in total. The molecule has 0 radical (unpaired) electrons. The third-order valence-corrected chi connectivity index (χ3v) is 4.25. The maximum atomic E-state index is 12.7. The van der Waals surface area contributed by atoms with E-state index in [-0.39, 0.29) is 13.0 Å². The largest absolute Gasteiger partial charge is 0.459 e. The third-order valence-electron chi connectivity index (χ3n) is 4.25. The van der Waals surface area contributed by atoms with Crippen LogP contribution in [0.1, 0.15) is 46.6 Å². The molecule has 27 heavy (non-hydrogen) atoms. The second-order valence-electron chi connectivity index (χ2n) is 8.24. The minimum absolute atomic E-state index is 0.0187.